The van der Waals surface area contributed by atoms with Gasteiger partial charge in [0.05, 0.1) is 18.0 Å². The smallest absolute Gasteiger partial charge is 0.0690 e. The molecule has 1 N–H and O–H groups in total. The Morgan fingerprint density at radius 3 is 2.83 bits per heavy atom. The molecular formula is C14H19N3O. The average molecular weight is 245 g/mol. The van der Waals surface area contributed by atoms with E-state index in [0.29, 0.717) is 0 Å². The standard InChI is InChI=1S/C14H19N3O/c1-12-7-9-17(16-12)14-6-4-3-5-13(14)11-15-8-10-18-2/h3-7,9,15H,8,10-11H2,1-2H3. The number of nitrogens with zero attached hydrogens (tertiary/aromatic N) is 2. The fourth-order valence-corrected chi connectivity index (χ4v) is 1.83. The predicted molar refractivity (Wildman–Crippen MR) is 71.9 cm³/mol. The molecule has 0 radical (unpaired) electrons. The van der Waals surface area contributed by atoms with E-state index in [0.717, 1.165) is 31.1 Å². The molecule has 1 heterocycles. The van der Waals surface area contributed by atoms with Crippen LogP contribution < -0.4 is 5.32 Å². The van der Waals surface area contributed by atoms with Gasteiger partial charge in [0, 0.05) is 26.4 Å². The van der Waals surface area contributed by atoms with Crippen LogP contribution in [0.5, 0.6) is 0 Å². The van der Waals surface area contributed by atoms with Crippen LogP contribution in [0.2, 0.25) is 0 Å². The number of benzene rings is 1. The van der Waals surface area contributed by atoms with Crippen molar-refractivity contribution >= 4 is 0 Å². The summed E-state index contributed by atoms with van der Waals surface area (Å²) in [5.74, 6) is 0. The third-order valence-electron chi connectivity index (χ3n) is 2.76. The second-order valence-corrected chi connectivity index (χ2v) is 4.20. The average Bonchev–Trinajstić information content (AvgIpc) is 2.82. The fourth-order valence-electron chi connectivity index (χ4n) is 1.83. The Morgan fingerprint density at radius 2 is 2.11 bits per heavy atom. The Hall–Kier alpha value is -1.65. The third kappa shape index (κ3) is 3.18. The van der Waals surface area contributed by atoms with Crippen molar-refractivity contribution in [3.63, 3.8) is 0 Å². The molecule has 4 heteroatoms. The predicted octanol–water partition coefficient (Wildman–Crippen LogP) is 1.92. The molecule has 0 atom stereocenters. The fraction of sp³-hybridized carbons (Fsp3) is 0.357. The van der Waals surface area contributed by atoms with Crippen molar-refractivity contribution in [2.75, 3.05) is 20.3 Å². The molecule has 1 aromatic heterocycles. The highest BCUT2D eigenvalue weighted by Crippen LogP contribution is 2.13. The Bertz CT molecular complexity index is 493. The summed E-state index contributed by atoms with van der Waals surface area (Å²) in [7, 11) is 1.71. The lowest BCUT2D eigenvalue weighted by atomic mass is 10.2. The first-order valence-electron chi connectivity index (χ1n) is 6.11. The molecule has 4 nitrogen and oxygen atoms in total. The summed E-state index contributed by atoms with van der Waals surface area (Å²) < 4.78 is 6.94. The Kier molecular flexibility index (Phi) is 4.50. The molecule has 0 fully saturated rings. The van der Waals surface area contributed by atoms with Crippen molar-refractivity contribution in [2.24, 2.45) is 0 Å². The first kappa shape index (κ1) is 12.8. The van der Waals surface area contributed by atoms with Gasteiger partial charge in [0.1, 0.15) is 0 Å². The summed E-state index contributed by atoms with van der Waals surface area (Å²) >= 11 is 0. The molecule has 0 aliphatic carbocycles. The maximum Gasteiger partial charge on any atom is 0.0690 e. The number of aromatic nitrogens is 2. The molecule has 2 rings (SSSR count). The molecule has 18 heavy (non-hydrogen) atoms. The van der Waals surface area contributed by atoms with Crippen molar-refractivity contribution in [3.8, 4) is 5.69 Å². The molecule has 0 saturated heterocycles. The highest BCUT2D eigenvalue weighted by atomic mass is 16.5. The van der Waals surface area contributed by atoms with E-state index in [1.165, 1.54) is 5.56 Å². The maximum absolute atomic E-state index is 5.02. The van der Waals surface area contributed by atoms with E-state index in [9.17, 15) is 0 Å². The topological polar surface area (TPSA) is 39.1 Å². The van der Waals surface area contributed by atoms with Crippen molar-refractivity contribution < 1.29 is 4.74 Å². The summed E-state index contributed by atoms with van der Waals surface area (Å²) in [5.41, 5.74) is 3.38. The van der Waals surface area contributed by atoms with Gasteiger partial charge in [0.15, 0.2) is 0 Å². The maximum atomic E-state index is 5.02. The SMILES string of the molecule is COCCNCc1ccccc1-n1ccc(C)n1. The second-order valence-electron chi connectivity index (χ2n) is 4.20. The molecule has 0 aliphatic rings. The number of rotatable bonds is 6. The molecule has 0 amide bonds. The van der Waals surface area contributed by atoms with Gasteiger partial charge in [0.2, 0.25) is 0 Å². The van der Waals surface area contributed by atoms with Gasteiger partial charge in [-0.25, -0.2) is 4.68 Å². The Labute approximate surface area is 108 Å². The summed E-state index contributed by atoms with van der Waals surface area (Å²) in [5, 5.41) is 7.80. The van der Waals surface area contributed by atoms with Gasteiger partial charge in [-0.15, -0.1) is 0 Å². The van der Waals surface area contributed by atoms with E-state index in [4.69, 9.17) is 4.74 Å². The van der Waals surface area contributed by atoms with Crippen LogP contribution in [-0.4, -0.2) is 30.0 Å². The van der Waals surface area contributed by atoms with Crippen molar-refractivity contribution in [1.82, 2.24) is 15.1 Å². The van der Waals surface area contributed by atoms with Crippen LogP contribution in [0.1, 0.15) is 11.3 Å². The normalized spacial score (nSPS) is 10.8. The molecular weight excluding hydrogens is 226 g/mol. The van der Waals surface area contributed by atoms with Gasteiger partial charge in [-0.2, -0.15) is 5.10 Å². The second kappa shape index (κ2) is 6.33. The molecule has 1 aromatic carbocycles. The Balaban J connectivity index is 2.10. The first-order valence-corrected chi connectivity index (χ1v) is 6.11. The number of nitrogens with one attached hydrogen (secondary N) is 1. The minimum absolute atomic E-state index is 0.725. The number of hydrogen-bond donors (Lipinski definition) is 1. The molecule has 0 unspecified atom stereocenters. The van der Waals surface area contributed by atoms with Gasteiger partial charge in [-0.3, -0.25) is 0 Å². The van der Waals surface area contributed by atoms with E-state index in [-0.39, 0.29) is 0 Å². The summed E-state index contributed by atoms with van der Waals surface area (Å²) in [6, 6.07) is 10.3. The van der Waals surface area contributed by atoms with Gasteiger partial charge in [0.25, 0.3) is 0 Å². The molecule has 0 bridgehead atoms. The van der Waals surface area contributed by atoms with Gasteiger partial charge < -0.3 is 10.1 Å². The Morgan fingerprint density at radius 1 is 1.28 bits per heavy atom. The lowest BCUT2D eigenvalue weighted by Crippen LogP contribution is -2.19. The highest BCUT2D eigenvalue weighted by Gasteiger charge is 2.04. The molecule has 0 spiro atoms. The zero-order valence-electron chi connectivity index (χ0n) is 10.9. The van der Waals surface area contributed by atoms with Crippen LogP contribution in [0.4, 0.5) is 0 Å². The van der Waals surface area contributed by atoms with Gasteiger partial charge in [-0.1, -0.05) is 18.2 Å². The minimum atomic E-state index is 0.725. The highest BCUT2D eigenvalue weighted by molar-refractivity contribution is 5.40. The minimum Gasteiger partial charge on any atom is -0.383 e. The third-order valence-corrected chi connectivity index (χ3v) is 2.76. The molecule has 0 aliphatic heterocycles. The number of ether oxygens (including phenoxy) is 1. The summed E-state index contributed by atoms with van der Waals surface area (Å²) in [6.45, 7) is 4.39. The lowest BCUT2D eigenvalue weighted by molar-refractivity contribution is 0.199. The summed E-state index contributed by atoms with van der Waals surface area (Å²) in [4.78, 5) is 0. The number of aryl methyl sites for hydroxylation is 1. The van der Waals surface area contributed by atoms with Crippen molar-refractivity contribution in [1.29, 1.82) is 0 Å². The van der Waals surface area contributed by atoms with E-state index in [1.807, 2.05) is 36.0 Å². The van der Waals surface area contributed by atoms with E-state index in [1.54, 1.807) is 7.11 Å². The molecule has 2 aromatic rings. The molecule has 96 valence electrons. The quantitative estimate of drug-likeness (QED) is 0.790. The zero-order chi connectivity index (χ0) is 12.8. The van der Waals surface area contributed by atoms with Crippen molar-refractivity contribution in [2.45, 2.75) is 13.5 Å². The van der Waals surface area contributed by atoms with Crippen LogP contribution >= 0.6 is 0 Å². The number of methoxy groups -OCH3 is 1. The zero-order valence-corrected chi connectivity index (χ0v) is 10.9. The van der Waals surface area contributed by atoms with E-state index >= 15 is 0 Å². The number of para-hydroxylation sites is 1. The molecule has 0 saturated carbocycles. The van der Waals surface area contributed by atoms with E-state index in [2.05, 4.69) is 22.5 Å². The van der Waals surface area contributed by atoms with Crippen LogP contribution in [0, 0.1) is 6.92 Å². The van der Waals surface area contributed by atoms with Gasteiger partial charge in [-0.05, 0) is 24.6 Å². The van der Waals surface area contributed by atoms with Crippen LogP contribution in [0.25, 0.3) is 5.69 Å². The van der Waals surface area contributed by atoms with Crippen molar-refractivity contribution in [3.05, 3.63) is 47.8 Å². The summed E-state index contributed by atoms with van der Waals surface area (Å²) in [6.07, 6.45) is 1.99. The van der Waals surface area contributed by atoms with E-state index < -0.39 is 0 Å². The van der Waals surface area contributed by atoms with Crippen LogP contribution in [0.3, 0.4) is 0 Å². The first-order chi connectivity index (χ1) is 8.81. The largest absolute Gasteiger partial charge is 0.383 e. The van der Waals surface area contributed by atoms with Crippen LogP contribution in [0.15, 0.2) is 36.5 Å². The lowest BCUT2D eigenvalue weighted by Gasteiger charge is -2.10. The number of hydrogen-bond acceptors (Lipinski definition) is 3. The monoisotopic (exact) mass is 245 g/mol. The van der Waals surface area contributed by atoms with Crippen LogP contribution in [-0.2, 0) is 11.3 Å². The van der Waals surface area contributed by atoms with Gasteiger partial charge >= 0.3 is 0 Å².